The fourth-order valence-electron chi connectivity index (χ4n) is 2.41. The molecule has 0 saturated heterocycles. The Bertz CT molecular complexity index is 791. The van der Waals surface area contributed by atoms with Gasteiger partial charge < -0.3 is 24.4 Å². The molecule has 0 aliphatic rings. The second-order valence-corrected chi connectivity index (χ2v) is 5.42. The highest BCUT2D eigenvalue weighted by molar-refractivity contribution is 6.02. The van der Waals surface area contributed by atoms with Gasteiger partial charge in [0, 0.05) is 24.7 Å². The third-order valence-electron chi connectivity index (χ3n) is 3.73. The van der Waals surface area contributed by atoms with E-state index in [2.05, 4.69) is 5.32 Å². The number of ether oxygens (including phenoxy) is 3. The highest BCUT2D eigenvalue weighted by Gasteiger charge is 2.18. The summed E-state index contributed by atoms with van der Waals surface area (Å²) in [4.78, 5) is 25.9. The van der Waals surface area contributed by atoms with Gasteiger partial charge in [-0.2, -0.15) is 0 Å². The lowest BCUT2D eigenvalue weighted by atomic mass is 10.2. The molecule has 0 aromatic heterocycles. The van der Waals surface area contributed by atoms with Crippen molar-refractivity contribution in [1.29, 1.82) is 0 Å². The van der Waals surface area contributed by atoms with E-state index < -0.39 is 0 Å². The summed E-state index contributed by atoms with van der Waals surface area (Å²) in [6, 6.07) is 12.0. The first-order valence-electron chi connectivity index (χ1n) is 7.92. The van der Waals surface area contributed by atoms with Gasteiger partial charge in [-0.1, -0.05) is 6.07 Å². The number of rotatable bonds is 7. The predicted molar refractivity (Wildman–Crippen MR) is 99.2 cm³/mol. The van der Waals surface area contributed by atoms with E-state index in [0.717, 1.165) is 0 Å². The molecule has 0 aliphatic carbocycles. The maximum Gasteiger partial charge on any atom is 0.244 e. The van der Waals surface area contributed by atoms with Gasteiger partial charge in [-0.25, -0.2) is 0 Å². The second-order valence-electron chi connectivity index (χ2n) is 5.42. The molecule has 2 rings (SSSR count). The fourth-order valence-corrected chi connectivity index (χ4v) is 2.41. The summed E-state index contributed by atoms with van der Waals surface area (Å²) in [7, 11) is 4.59. The van der Waals surface area contributed by atoms with E-state index in [9.17, 15) is 9.59 Å². The van der Waals surface area contributed by atoms with Crippen LogP contribution >= 0.6 is 0 Å². The average Bonchev–Trinajstić information content (AvgIpc) is 2.65. The highest BCUT2D eigenvalue weighted by atomic mass is 16.5. The molecule has 7 nitrogen and oxygen atoms in total. The summed E-state index contributed by atoms with van der Waals surface area (Å²) in [6.45, 7) is 1.25. The van der Waals surface area contributed by atoms with Gasteiger partial charge in [-0.05, 0) is 24.3 Å². The third kappa shape index (κ3) is 4.66. The quantitative estimate of drug-likeness (QED) is 0.823. The Labute approximate surface area is 152 Å². The summed E-state index contributed by atoms with van der Waals surface area (Å²) in [5.74, 6) is 1.05. The van der Waals surface area contributed by atoms with E-state index in [1.165, 1.54) is 26.0 Å². The van der Waals surface area contributed by atoms with Gasteiger partial charge in [-0.3, -0.25) is 9.59 Å². The molecule has 7 heteroatoms. The van der Waals surface area contributed by atoms with Crippen molar-refractivity contribution in [2.75, 3.05) is 38.1 Å². The Kier molecular flexibility index (Phi) is 6.43. The van der Waals surface area contributed by atoms with Crippen molar-refractivity contribution in [3.63, 3.8) is 0 Å². The summed E-state index contributed by atoms with van der Waals surface area (Å²) < 4.78 is 15.6. The van der Waals surface area contributed by atoms with Crippen LogP contribution in [0.3, 0.4) is 0 Å². The van der Waals surface area contributed by atoms with E-state index in [0.29, 0.717) is 28.6 Å². The molecule has 0 atom stereocenters. The van der Waals surface area contributed by atoms with E-state index in [-0.39, 0.29) is 18.4 Å². The summed E-state index contributed by atoms with van der Waals surface area (Å²) >= 11 is 0. The number of carbonyl (C=O) groups excluding carboxylic acids is 2. The van der Waals surface area contributed by atoms with Crippen LogP contribution in [-0.2, 0) is 9.59 Å². The number of methoxy groups -OCH3 is 3. The minimum atomic E-state index is -0.366. The smallest absolute Gasteiger partial charge is 0.244 e. The van der Waals surface area contributed by atoms with Crippen LogP contribution in [0.1, 0.15) is 6.92 Å². The Morgan fingerprint density at radius 3 is 2.27 bits per heavy atom. The van der Waals surface area contributed by atoms with Crippen molar-refractivity contribution in [3.05, 3.63) is 42.5 Å². The molecular formula is C19H22N2O5. The topological polar surface area (TPSA) is 77.1 Å². The lowest BCUT2D eigenvalue weighted by molar-refractivity contribution is -0.120. The molecule has 0 spiro atoms. The Balaban J connectivity index is 2.19. The standard InChI is InChI=1S/C19H22N2O5/c1-13(22)21(14-6-5-7-15(10-14)24-2)12-19(23)20-17-11-16(25-3)8-9-18(17)26-4/h5-11H,12H2,1-4H3,(H,20,23). The first-order valence-corrected chi connectivity index (χ1v) is 7.92. The molecule has 0 unspecified atom stereocenters. The van der Waals surface area contributed by atoms with E-state index in [4.69, 9.17) is 14.2 Å². The van der Waals surface area contributed by atoms with Gasteiger partial charge in [0.2, 0.25) is 11.8 Å². The van der Waals surface area contributed by atoms with Gasteiger partial charge in [-0.15, -0.1) is 0 Å². The average molecular weight is 358 g/mol. The zero-order chi connectivity index (χ0) is 19.1. The summed E-state index contributed by atoms with van der Waals surface area (Å²) in [5.41, 5.74) is 1.04. The Morgan fingerprint density at radius 1 is 0.962 bits per heavy atom. The Hall–Kier alpha value is -3.22. The molecule has 0 heterocycles. The molecule has 0 radical (unpaired) electrons. The van der Waals surface area contributed by atoms with Crippen LogP contribution in [0.25, 0.3) is 0 Å². The largest absolute Gasteiger partial charge is 0.497 e. The van der Waals surface area contributed by atoms with Crippen LogP contribution in [0.15, 0.2) is 42.5 Å². The molecule has 0 fully saturated rings. The fraction of sp³-hybridized carbons (Fsp3) is 0.263. The van der Waals surface area contributed by atoms with Crippen LogP contribution in [0, 0.1) is 0 Å². The van der Waals surface area contributed by atoms with Crippen LogP contribution in [0.5, 0.6) is 17.2 Å². The van der Waals surface area contributed by atoms with Crippen molar-refractivity contribution in [3.8, 4) is 17.2 Å². The van der Waals surface area contributed by atoms with Crippen LogP contribution in [-0.4, -0.2) is 39.7 Å². The minimum absolute atomic E-state index is 0.150. The van der Waals surface area contributed by atoms with E-state index in [1.54, 1.807) is 49.6 Å². The summed E-state index contributed by atoms with van der Waals surface area (Å²) in [5, 5.41) is 2.75. The number of anilines is 2. The molecular weight excluding hydrogens is 336 g/mol. The van der Waals surface area contributed by atoms with E-state index >= 15 is 0 Å². The number of benzene rings is 2. The van der Waals surface area contributed by atoms with Crippen molar-refractivity contribution >= 4 is 23.2 Å². The van der Waals surface area contributed by atoms with Crippen molar-refractivity contribution in [1.82, 2.24) is 0 Å². The molecule has 1 N–H and O–H groups in total. The molecule has 26 heavy (non-hydrogen) atoms. The van der Waals surface area contributed by atoms with Crippen LogP contribution < -0.4 is 24.4 Å². The molecule has 2 aromatic carbocycles. The predicted octanol–water partition coefficient (Wildman–Crippen LogP) is 2.70. The number of nitrogens with zero attached hydrogens (tertiary/aromatic N) is 1. The zero-order valence-corrected chi connectivity index (χ0v) is 15.2. The third-order valence-corrected chi connectivity index (χ3v) is 3.73. The number of amides is 2. The Morgan fingerprint density at radius 2 is 1.65 bits per heavy atom. The normalized spacial score (nSPS) is 10.0. The lowest BCUT2D eigenvalue weighted by Crippen LogP contribution is -2.36. The van der Waals surface area contributed by atoms with Gasteiger partial charge in [0.25, 0.3) is 0 Å². The van der Waals surface area contributed by atoms with Gasteiger partial charge in [0.15, 0.2) is 0 Å². The molecule has 2 amide bonds. The van der Waals surface area contributed by atoms with Crippen LogP contribution in [0.4, 0.5) is 11.4 Å². The van der Waals surface area contributed by atoms with Gasteiger partial charge in [0.05, 0.1) is 27.0 Å². The zero-order valence-electron chi connectivity index (χ0n) is 15.2. The molecule has 0 aliphatic heterocycles. The highest BCUT2D eigenvalue weighted by Crippen LogP contribution is 2.29. The van der Waals surface area contributed by atoms with Crippen molar-refractivity contribution in [2.24, 2.45) is 0 Å². The summed E-state index contributed by atoms with van der Waals surface area (Å²) in [6.07, 6.45) is 0. The maximum absolute atomic E-state index is 12.5. The van der Waals surface area contributed by atoms with Crippen LogP contribution in [0.2, 0.25) is 0 Å². The molecule has 0 bridgehead atoms. The number of carbonyl (C=O) groups is 2. The van der Waals surface area contributed by atoms with Gasteiger partial charge >= 0.3 is 0 Å². The number of nitrogens with one attached hydrogen (secondary N) is 1. The monoisotopic (exact) mass is 358 g/mol. The van der Waals surface area contributed by atoms with Crippen molar-refractivity contribution in [2.45, 2.75) is 6.92 Å². The first kappa shape index (κ1) is 19.1. The lowest BCUT2D eigenvalue weighted by Gasteiger charge is -2.21. The second kappa shape index (κ2) is 8.75. The molecule has 138 valence electrons. The maximum atomic E-state index is 12.5. The first-order chi connectivity index (χ1) is 12.5. The minimum Gasteiger partial charge on any atom is -0.497 e. The molecule has 0 saturated carbocycles. The van der Waals surface area contributed by atoms with Crippen molar-refractivity contribution < 1.29 is 23.8 Å². The molecule has 2 aromatic rings. The van der Waals surface area contributed by atoms with Gasteiger partial charge in [0.1, 0.15) is 23.8 Å². The van der Waals surface area contributed by atoms with E-state index in [1.807, 2.05) is 0 Å². The number of hydrogen-bond donors (Lipinski definition) is 1. The number of hydrogen-bond acceptors (Lipinski definition) is 5. The SMILES string of the molecule is COc1cccc(N(CC(=O)Nc2cc(OC)ccc2OC)C(C)=O)c1.